The van der Waals surface area contributed by atoms with Gasteiger partial charge in [0.1, 0.15) is 5.75 Å². The number of fused-ring (bicyclic) bond motifs is 1. The summed E-state index contributed by atoms with van der Waals surface area (Å²) in [7, 11) is 1.59. The number of H-pyrrole nitrogens is 1. The Morgan fingerprint density at radius 3 is 2.76 bits per heavy atom. The van der Waals surface area contributed by atoms with Gasteiger partial charge in [-0.1, -0.05) is 30.3 Å². The number of aromatic nitrogens is 2. The zero-order valence-electron chi connectivity index (χ0n) is 13.3. The van der Waals surface area contributed by atoms with Crippen LogP contribution >= 0.6 is 11.3 Å². The number of hydrogen-bond donors (Lipinski definition) is 2. The molecule has 25 heavy (non-hydrogen) atoms. The minimum Gasteiger partial charge on any atom is -0.497 e. The molecule has 0 bridgehead atoms. The van der Waals surface area contributed by atoms with Crippen LogP contribution in [0, 0.1) is 0 Å². The predicted octanol–water partition coefficient (Wildman–Crippen LogP) is 5.42. The minimum atomic E-state index is -0.0353. The first-order valence-corrected chi connectivity index (χ1v) is 8.44. The highest BCUT2D eigenvalue weighted by molar-refractivity contribution is 7.13. The van der Waals surface area contributed by atoms with E-state index in [4.69, 9.17) is 4.74 Å². The zero-order valence-corrected chi connectivity index (χ0v) is 14.1. The molecule has 2 aromatic heterocycles. The number of benzene rings is 2. The number of nitrogens with zero attached hydrogens (tertiary/aromatic N) is 3. The Balaban J connectivity index is 1.67. The molecule has 0 aliphatic carbocycles. The summed E-state index contributed by atoms with van der Waals surface area (Å²) in [6, 6.07) is 15.3. The van der Waals surface area contributed by atoms with Crippen LogP contribution in [0.4, 0.5) is 10.8 Å². The van der Waals surface area contributed by atoms with Crippen molar-refractivity contribution in [3.05, 3.63) is 53.9 Å². The highest BCUT2D eigenvalue weighted by Gasteiger charge is 2.12. The number of methoxy groups -OCH3 is 1. The Morgan fingerprint density at radius 2 is 1.96 bits per heavy atom. The van der Waals surface area contributed by atoms with Crippen molar-refractivity contribution in [3.8, 4) is 22.9 Å². The van der Waals surface area contributed by atoms with Crippen molar-refractivity contribution in [2.24, 2.45) is 10.2 Å². The summed E-state index contributed by atoms with van der Waals surface area (Å²) in [5.41, 5.74) is 3.01. The maximum absolute atomic E-state index is 10.1. The molecule has 2 heterocycles. The summed E-state index contributed by atoms with van der Waals surface area (Å²) in [4.78, 5) is 7.34. The van der Waals surface area contributed by atoms with Crippen molar-refractivity contribution in [3.63, 3.8) is 0 Å². The number of nitrogens with one attached hydrogen (secondary N) is 1. The van der Waals surface area contributed by atoms with E-state index in [1.807, 2.05) is 47.8 Å². The number of aromatic hydroxyl groups is 1. The fourth-order valence-corrected chi connectivity index (χ4v) is 3.16. The monoisotopic (exact) mass is 350 g/mol. The van der Waals surface area contributed by atoms with Gasteiger partial charge < -0.3 is 14.8 Å². The van der Waals surface area contributed by atoms with Gasteiger partial charge in [0.2, 0.25) is 11.0 Å². The van der Waals surface area contributed by atoms with Crippen molar-refractivity contribution < 1.29 is 9.84 Å². The Kier molecular flexibility index (Phi) is 3.91. The first kappa shape index (κ1) is 15.3. The third kappa shape index (κ3) is 2.97. The van der Waals surface area contributed by atoms with Crippen molar-refractivity contribution in [1.29, 1.82) is 0 Å². The lowest BCUT2D eigenvalue weighted by Crippen LogP contribution is -1.80. The summed E-state index contributed by atoms with van der Waals surface area (Å²) in [6.07, 6.45) is 0. The largest absolute Gasteiger partial charge is 0.497 e. The van der Waals surface area contributed by atoms with Gasteiger partial charge in [0.15, 0.2) is 5.69 Å². The maximum atomic E-state index is 10.1. The van der Waals surface area contributed by atoms with E-state index < -0.39 is 0 Å². The summed E-state index contributed by atoms with van der Waals surface area (Å²) in [5.74, 6) is 0.649. The smallest absolute Gasteiger partial charge is 0.230 e. The van der Waals surface area contributed by atoms with Crippen molar-refractivity contribution in [2.75, 3.05) is 7.11 Å². The minimum absolute atomic E-state index is 0.0353. The van der Waals surface area contributed by atoms with E-state index in [0.29, 0.717) is 16.6 Å². The van der Waals surface area contributed by atoms with E-state index in [0.717, 1.165) is 22.2 Å². The Labute approximate surface area is 147 Å². The number of hydrogen-bond acceptors (Lipinski definition) is 6. The molecule has 0 atom stereocenters. The third-order valence-electron chi connectivity index (χ3n) is 3.76. The van der Waals surface area contributed by atoms with Gasteiger partial charge in [-0.3, -0.25) is 0 Å². The van der Waals surface area contributed by atoms with Crippen molar-refractivity contribution >= 4 is 33.1 Å². The molecule has 2 N–H and O–H groups in total. The number of aromatic amines is 1. The van der Waals surface area contributed by atoms with E-state index in [2.05, 4.69) is 20.2 Å². The van der Waals surface area contributed by atoms with Gasteiger partial charge in [-0.15, -0.1) is 21.6 Å². The van der Waals surface area contributed by atoms with Gasteiger partial charge in [0.25, 0.3) is 0 Å². The van der Waals surface area contributed by atoms with Crippen LogP contribution in [-0.2, 0) is 0 Å². The molecule has 0 saturated heterocycles. The van der Waals surface area contributed by atoms with Crippen LogP contribution < -0.4 is 4.74 Å². The van der Waals surface area contributed by atoms with Gasteiger partial charge in [-0.05, 0) is 18.2 Å². The summed E-state index contributed by atoms with van der Waals surface area (Å²) >= 11 is 1.40. The van der Waals surface area contributed by atoms with E-state index in [1.54, 1.807) is 13.2 Å². The van der Waals surface area contributed by atoms with Crippen LogP contribution in [0.15, 0.2) is 64.1 Å². The molecule has 4 aromatic rings. The van der Waals surface area contributed by atoms with Crippen molar-refractivity contribution in [2.45, 2.75) is 0 Å². The molecule has 0 amide bonds. The maximum Gasteiger partial charge on any atom is 0.230 e. The molecule has 0 radical (unpaired) electrons. The molecule has 0 saturated carbocycles. The molecule has 0 unspecified atom stereocenters. The summed E-state index contributed by atoms with van der Waals surface area (Å²) < 4.78 is 5.22. The zero-order chi connectivity index (χ0) is 17.2. The van der Waals surface area contributed by atoms with Crippen LogP contribution in [0.3, 0.4) is 0 Å². The average Bonchev–Trinajstić information content (AvgIpc) is 3.24. The quantitative estimate of drug-likeness (QED) is 0.482. The molecule has 0 spiro atoms. The first-order chi connectivity index (χ1) is 12.2. The van der Waals surface area contributed by atoms with Crippen LogP contribution in [0.5, 0.6) is 11.6 Å². The van der Waals surface area contributed by atoms with Crippen LogP contribution in [0.25, 0.3) is 22.2 Å². The van der Waals surface area contributed by atoms with Gasteiger partial charge in [-0.2, -0.15) is 0 Å². The van der Waals surface area contributed by atoms with E-state index in [1.165, 1.54) is 11.3 Å². The summed E-state index contributed by atoms with van der Waals surface area (Å²) in [5, 5.41) is 21.6. The molecule has 0 aliphatic heterocycles. The fraction of sp³-hybridized carbons (Fsp3) is 0.0556. The molecule has 0 aliphatic rings. The molecule has 7 heteroatoms. The lowest BCUT2D eigenvalue weighted by atomic mass is 10.2. The first-order valence-electron chi connectivity index (χ1n) is 7.56. The van der Waals surface area contributed by atoms with E-state index >= 15 is 0 Å². The molecule has 4 rings (SSSR count). The molecule has 2 aromatic carbocycles. The van der Waals surface area contributed by atoms with E-state index in [9.17, 15) is 5.11 Å². The van der Waals surface area contributed by atoms with Crippen LogP contribution in [0.1, 0.15) is 0 Å². The van der Waals surface area contributed by atoms with E-state index in [-0.39, 0.29) is 5.88 Å². The highest BCUT2D eigenvalue weighted by atomic mass is 32.1. The second kappa shape index (κ2) is 6.37. The molecular weight excluding hydrogens is 336 g/mol. The molecule has 124 valence electrons. The second-order valence-corrected chi connectivity index (χ2v) is 6.15. The normalized spacial score (nSPS) is 11.4. The molecule has 6 nitrogen and oxygen atoms in total. The van der Waals surface area contributed by atoms with Gasteiger partial charge in [-0.25, -0.2) is 4.98 Å². The van der Waals surface area contributed by atoms with Crippen LogP contribution in [0.2, 0.25) is 0 Å². The SMILES string of the molecule is COc1ccc2[nH]c(O)c(N=Nc3nc(-c4ccccc4)cs3)c2c1. The molecule has 0 fully saturated rings. The average molecular weight is 350 g/mol. The Hall–Kier alpha value is -3.19. The third-order valence-corrected chi connectivity index (χ3v) is 4.48. The van der Waals surface area contributed by atoms with Gasteiger partial charge >= 0.3 is 0 Å². The van der Waals surface area contributed by atoms with Crippen molar-refractivity contribution in [1.82, 2.24) is 9.97 Å². The number of ether oxygens (including phenoxy) is 1. The van der Waals surface area contributed by atoms with Gasteiger partial charge in [0.05, 0.1) is 18.3 Å². The fourth-order valence-electron chi connectivity index (χ4n) is 2.52. The Bertz CT molecular complexity index is 1050. The standard InChI is InChI=1S/C18H14N4O2S/c1-24-12-7-8-14-13(9-12)16(17(23)19-14)21-22-18-20-15(10-25-18)11-5-3-2-4-6-11/h2-10,19,23H,1H3. The lowest BCUT2D eigenvalue weighted by molar-refractivity contribution is 0.415. The molecular formula is C18H14N4O2S. The summed E-state index contributed by atoms with van der Waals surface area (Å²) in [6.45, 7) is 0. The number of rotatable bonds is 4. The van der Waals surface area contributed by atoms with Crippen LogP contribution in [-0.4, -0.2) is 22.2 Å². The Morgan fingerprint density at radius 1 is 1.12 bits per heavy atom. The number of thiazole rings is 1. The number of azo groups is 1. The van der Waals surface area contributed by atoms with Gasteiger partial charge in [0, 0.05) is 16.3 Å². The lowest BCUT2D eigenvalue weighted by Gasteiger charge is -1.98. The second-order valence-electron chi connectivity index (χ2n) is 5.32. The topological polar surface area (TPSA) is 82.9 Å². The highest BCUT2D eigenvalue weighted by Crippen LogP contribution is 2.38. The predicted molar refractivity (Wildman–Crippen MR) is 98.2 cm³/mol.